The molecule has 0 aliphatic rings. The van der Waals surface area contributed by atoms with Crippen LogP contribution >= 0.6 is 11.8 Å². The third-order valence-corrected chi connectivity index (χ3v) is 3.97. The lowest BCUT2D eigenvalue weighted by atomic mass is 10.2. The van der Waals surface area contributed by atoms with Gasteiger partial charge in [0.1, 0.15) is 11.5 Å². The molecule has 7 heteroatoms. The highest BCUT2D eigenvalue weighted by Gasteiger charge is 2.00. The number of rotatable bonds is 8. The molecule has 0 aliphatic heterocycles. The van der Waals surface area contributed by atoms with Gasteiger partial charge in [-0.15, -0.1) is 0 Å². The van der Waals surface area contributed by atoms with Crippen molar-refractivity contribution in [2.45, 2.75) is 13.8 Å². The van der Waals surface area contributed by atoms with Gasteiger partial charge < -0.3 is 9.47 Å². The van der Waals surface area contributed by atoms with Gasteiger partial charge in [-0.2, -0.15) is 10.5 Å². The molecule has 0 saturated carbocycles. The van der Waals surface area contributed by atoms with Crippen molar-refractivity contribution in [1.82, 2.24) is 0 Å². The van der Waals surface area contributed by atoms with Crippen LogP contribution in [0.5, 0.6) is 11.5 Å². The summed E-state index contributed by atoms with van der Waals surface area (Å²) in [6.07, 6.45) is 5.42. The zero-order valence-electron chi connectivity index (χ0n) is 15.8. The second-order valence-corrected chi connectivity index (χ2v) is 6.12. The molecule has 142 valence electrons. The molecule has 6 nitrogen and oxygen atoms in total. The minimum Gasteiger partial charge on any atom is -0.494 e. The van der Waals surface area contributed by atoms with E-state index in [0.717, 1.165) is 27.8 Å². The van der Waals surface area contributed by atoms with Gasteiger partial charge in [-0.1, -0.05) is 10.2 Å². The zero-order valence-corrected chi connectivity index (χ0v) is 16.6. The average molecular weight is 386 g/mol. The van der Waals surface area contributed by atoms with Crippen LogP contribution in [0.4, 0.5) is 0 Å². The second kappa shape index (κ2) is 11.9. The molecular weight excluding hydrogens is 360 g/mol. The van der Waals surface area contributed by atoms with Crippen LogP contribution in [0.3, 0.4) is 0 Å². The maximum Gasteiger partial charge on any atom is 0.305 e. The number of nitrogens with two attached hydrogens (primary N) is 1. The summed E-state index contributed by atoms with van der Waals surface area (Å²) in [5.41, 5.74) is 3.64. The van der Waals surface area contributed by atoms with E-state index in [9.17, 15) is 0 Å². The predicted octanol–water partition coefficient (Wildman–Crippen LogP) is 3.13. The molecule has 0 radical (unpaired) electrons. The van der Waals surface area contributed by atoms with Crippen molar-refractivity contribution in [1.29, 1.82) is 0 Å². The van der Waals surface area contributed by atoms with Gasteiger partial charge in [-0.3, -0.25) is 0 Å². The van der Waals surface area contributed by atoms with Crippen molar-refractivity contribution in [2.75, 3.05) is 19.5 Å². The first kappa shape index (κ1) is 20.7. The van der Waals surface area contributed by atoms with Gasteiger partial charge in [0.2, 0.25) is 0 Å². The first-order chi connectivity index (χ1) is 13.2. The average Bonchev–Trinajstić information content (AvgIpc) is 2.70. The molecule has 2 N–H and O–H groups in total. The van der Waals surface area contributed by atoms with Crippen molar-refractivity contribution >= 4 is 29.4 Å². The highest BCUT2D eigenvalue weighted by molar-refractivity contribution is 8.12. The Bertz CT molecular complexity index is 772. The number of hydrogen-bond acceptors (Lipinski definition) is 6. The molecule has 0 atom stereocenters. The zero-order chi connectivity index (χ0) is 19.3. The molecule has 0 bridgehead atoms. The topological polar surface area (TPSA) is 72.2 Å². The first-order valence-corrected chi connectivity index (χ1v) is 9.94. The molecule has 27 heavy (non-hydrogen) atoms. The Hall–Kier alpha value is -2.64. The standard InChI is InChI=1S/C20H24N4O2S/c1-4-25-18-10-6-16(7-11-18)14-21-23-20(27-3)24-22-15-17-8-12-19(13-9-17)26-5-2/h6-15H,4-5H2,1-3H3,(H,23,24)/p+1. The molecule has 0 unspecified atom stereocenters. The van der Waals surface area contributed by atoms with E-state index in [4.69, 9.17) is 9.47 Å². The molecule has 0 aliphatic carbocycles. The highest BCUT2D eigenvalue weighted by Crippen LogP contribution is 2.11. The quantitative estimate of drug-likeness (QED) is 0.328. The lowest BCUT2D eigenvalue weighted by Crippen LogP contribution is -2.81. The van der Waals surface area contributed by atoms with E-state index < -0.39 is 0 Å². The van der Waals surface area contributed by atoms with Gasteiger partial charge >= 0.3 is 5.17 Å². The van der Waals surface area contributed by atoms with E-state index in [-0.39, 0.29) is 0 Å². The van der Waals surface area contributed by atoms with Gasteiger partial charge in [0.05, 0.1) is 25.6 Å². The molecule has 0 aromatic heterocycles. The molecule has 2 aromatic carbocycles. The Kier molecular flexibility index (Phi) is 9.09. The minimum absolute atomic E-state index is 0.655. The van der Waals surface area contributed by atoms with E-state index in [2.05, 4.69) is 15.3 Å². The van der Waals surface area contributed by atoms with Crippen molar-refractivity contribution in [3.63, 3.8) is 0 Å². The largest absolute Gasteiger partial charge is 0.494 e. The monoisotopic (exact) mass is 385 g/mol. The molecule has 0 amide bonds. The summed E-state index contributed by atoms with van der Waals surface area (Å²) in [5, 5.41) is 13.4. The maximum atomic E-state index is 5.42. The number of nitrogens with zero attached hydrogens (tertiary/aromatic N) is 3. The van der Waals surface area contributed by atoms with Crippen LogP contribution in [-0.4, -0.2) is 37.1 Å². The fourth-order valence-corrected chi connectivity index (χ4v) is 2.39. The fraction of sp³-hybridized carbons (Fsp3) is 0.250. The normalized spacial score (nSPS) is 12.0. The molecule has 0 saturated heterocycles. The Balaban J connectivity index is 1.89. The SMILES string of the molecule is CCOc1ccc(C=NN=C([NH2+]N=Cc2ccc(OCC)cc2)SC)cc1. The van der Waals surface area contributed by atoms with Crippen molar-refractivity contribution in [2.24, 2.45) is 15.3 Å². The Morgan fingerprint density at radius 1 is 0.889 bits per heavy atom. The van der Waals surface area contributed by atoms with Crippen molar-refractivity contribution in [3.8, 4) is 11.5 Å². The van der Waals surface area contributed by atoms with E-state index in [1.807, 2.05) is 68.6 Å². The van der Waals surface area contributed by atoms with Crippen LogP contribution in [0, 0.1) is 0 Å². The van der Waals surface area contributed by atoms with Gasteiger partial charge in [0.25, 0.3) is 0 Å². The Labute approximate surface area is 164 Å². The highest BCUT2D eigenvalue weighted by atomic mass is 32.2. The van der Waals surface area contributed by atoms with Crippen molar-refractivity contribution < 1.29 is 14.9 Å². The molecule has 2 rings (SSSR count). The molecular formula is C20H25N4O2S+. The van der Waals surface area contributed by atoms with Gasteiger partial charge in [0, 0.05) is 0 Å². The lowest BCUT2D eigenvalue weighted by Gasteiger charge is -2.01. The second-order valence-electron chi connectivity index (χ2n) is 5.30. The van der Waals surface area contributed by atoms with E-state index in [0.29, 0.717) is 13.2 Å². The van der Waals surface area contributed by atoms with Gasteiger partial charge in [-0.05, 0) is 91.5 Å². The number of quaternary nitrogens is 1. The van der Waals surface area contributed by atoms with Crippen LogP contribution < -0.4 is 14.9 Å². The van der Waals surface area contributed by atoms with Crippen LogP contribution in [0.2, 0.25) is 0 Å². The summed E-state index contributed by atoms with van der Waals surface area (Å²) >= 11 is 1.49. The molecule has 0 heterocycles. The van der Waals surface area contributed by atoms with E-state index in [1.54, 1.807) is 17.9 Å². The summed E-state index contributed by atoms with van der Waals surface area (Å²) in [6, 6.07) is 15.5. The van der Waals surface area contributed by atoms with Crippen LogP contribution in [-0.2, 0) is 0 Å². The molecule has 2 aromatic rings. The van der Waals surface area contributed by atoms with Gasteiger partial charge in [-0.25, -0.2) is 0 Å². The van der Waals surface area contributed by atoms with Crippen molar-refractivity contribution in [3.05, 3.63) is 59.7 Å². The first-order valence-electron chi connectivity index (χ1n) is 8.72. The Morgan fingerprint density at radius 3 is 1.89 bits per heavy atom. The van der Waals surface area contributed by atoms with Gasteiger partial charge in [0.15, 0.2) is 0 Å². The third kappa shape index (κ3) is 7.64. The number of hydrogen-bond donors (Lipinski definition) is 1. The summed E-state index contributed by atoms with van der Waals surface area (Å²) in [7, 11) is 0. The molecule has 0 spiro atoms. The maximum absolute atomic E-state index is 5.42. The van der Waals surface area contributed by atoms with Crippen LogP contribution in [0.15, 0.2) is 63.8 Å². The summed E-state index contributed by atoms with van der Waals surface area (Å²) in [4.78, 5) is 0. The predicted molar refractivity (Wildman–Crippen MR) is 113 cm³/mol. The number of thioether (sulfide) groups is 1. The summed E-state index contributed by atoms with van der Waals surface area (Å²) in [5.74, 6) is 1.70. The fourth-order valence-electron chi connectivity index (χ4n) is 2.09. The Morgan fingerprint density at radius 2 is 1.41 bits per heavy atom. The summed E-state index contributed by atoms with van der Waals surface area (Å²) in [6.45, 7) is 5.24. The summed E-state index contributed by atoms with van der Waals surface area (Å²) < 4.78 is 10.8. The number of amidine groups is 1. The minimum atomic E-state index is 0.655. The smallest absolute Gasteiger partial charge is 0.305 e. The lowest BCUT2D eigenvalue weighted by molar-refractivity contribution is -0.539. The molecule has 0 fully saturated rings. The van der Waals surface area contributed by atoms with E-state index >= 15 is 0 Å². The van der Waals surface area contributed by atoms with E-state index in [1.165, 1.54) is 11.8 Å². The third-order valence-electron chi connectivity index (χ3n) is 3.36. The number of ether oxygens (including phenoxy) is 2. The van der Waals surface area contributed by atoms with Crippen LogP contribution in [0.25, 0.3) is 0 Å². The number of benzene rings is 2. The van der Waals surface area contributed by atoms with Crippen LogP contribution in [0.1, 0.15) is 25.0 Å².